The molecule has 0 saturated carbocycles. The molecule has 3 aromatic carbocycles. The Morgan fingerprint density at radius 2 is 1.91 bits per heavy atom. The number of likely N-dealkylation sites (tertiary alicyclic amines) is 1. The summed E-state index contributed by atoms with van der Waals surface area (Å²) >= 11 is 1.54. The van der Waals surface area contributed by atoms with E-state index in [1.807, 2.05) is 71.2 Å². The minimum atomic E-state index is -0.251. The summed E-state index contributed by atoms with van der Waals surface area (Å²) in [5, 5.41) is 21.8. The summed E-state index contributed by atoms with van der Waals surface area (Å²) in [6.07, 6.45) is 0.554. The van der Waals surface area contributed by atoms with E-state index in [1.54, 1.807) is 11.3 Å². The van der Waals surface area contributed by atoms with Gasteiger partial charge in [0.15, 0.2) is 5.82 Å². The number of benzene rings is 3. The molecular formula is C26H23N5O2S. The summed E-state index contributed by atoms with van der Waals surface area (Å²) < 4.78 is 1.87. The van der Waals surface area contributed by atoms with Gasteiger partial charge in [-0.3, -0.25) is 9.69 Å². The van der Waals surface area contributed by atoms with Crippen molar-refractivity contribution in [3.8, 4) is 11.4 Å². The highest BCUT2D eigenvalue weighted by Crippen LogP contribution is 2.28. The molecule has 5 aromatic rings. The number of rotatable bonds is 5. The predicted molar refractivity (Wildman–Crippen MR) is 134 cm³/mol. The number of carbonyl (C=O) groups is 1. The fourth-order valence-corrected chi connectivity index (χ4v) is 5.26. The van der Waals surface area contributed by atoms with Gasteiger partial charge >= 0.3 is 0 Å². The SMILES string of the molecule is O=C(Nc1ccccc1-c1nc2scc(CN3CC[C@@H](O)C3)n2n1)c1ccc2ccccc2c1. The first-order valence-corrected chi connectivity index (χ1v) is 12.1. The van der Waals surface area contributed by atoms with Crippen LogP contribution in [0.1, 0.15) is 22.5 Å². The van der Waals surface area contributed by atoms with E-state index < -0.39 is 0 Å². The third kappa shape index (κ3) is 3.96. The van der Waals surface area contributed by atoms with Crippen LogP contribution in [-0.4, -0.2) is 49.7 Å². The van der Waals surface area contributed by atoms with Gasteiger partial charge in [-0.05, 0) is 41.5 Å². The average molecular weight is 470 g/mol. The van der Waals surface area contributed by atoms with Crippen molar-refractivity contribution in [3.63, 3.8) is 0 Å². The second-order valence-electron chi connectivity index (χ2n) is 8.60. The highest BCUT2D eigenvalue weighted by atomic mass is 32.1. The number of hydrogen-bond donors (Lipinski definition) is 2. The Hall–Kier alpha value is -3.59. The summed E-state index contributed by atoms with van der Waals surface area (Å²) in [5.41, 5.74) is 3.09. The third-order valence-corrected chi connectivity index (χ3v) is 7.08. The van der Waals surface area contributed by atoms with E-state index in [-0.39, 0.29) is 12.0 Å². The number of nitrogens with zero attached hydrogens (tertiary/aromatic N) is 4. The lowest BCUT2D eigenvalue weighted by Gasteiger charge is -2.13. The van der Waals surface area contributed by atoms with Crippen LogP contribution in [0.25, 0.3) is 27.1 Å². The van der Waals surface area contributed by atoms with Crippen molar-refractivity contribution >= 4 is 38.7 Å². The summed E-state index contributed by atoms with van der Waals surface area (Å²) in [7, 11) is 0. The number of thiazole rings is 1. The van der Waals surface area contributed by atoms with Crippen LogP contribution in [0.3, 0.4) is 0 Å². The molecule has 1 fully saturated rings. The third-order valence-electron chi connectivity index (χ3n) is 6.21. The number of aromatic nitrogens is 3. The first-order chi connectivity index (χ1) is 16.6. The van der Waals surface area contributed by atoms with E-state index in [0.29, 0.717) is 23.6 Å². The number of nitrogens with one attached hydrogen (secondary N) is 1. The van der Waals surface area contributed by atoms with Crippen molar-refractivity contribution in [3.05, 3.63) is 83.4 Å². The van der Waals surface area contributed by atoms with Crippen LogP contribution in [0, 0.1) is 0 Å². The Morgan fingerprint density at radius 3 is 2.76 bits per heavy atom. The van der Waals surface area contributed by atoms with Gasteiger partial charge in [-0.2, -0.15) is 4.98 Å². The number of carbonyl (C=O) groups excluding carboxylic acids is 1. The molecule has 3 heterocycles. The summed E-state index contributed by atoms with van der Waals surface area (Å²) in [6.45, 7) is 2.28. The van der Waals surface area contributed by atoms with E-state index in [4.69, 9.17) is 10.1 Å². The molecule has 0 radical (unpaired) electrons. The molecule has 0 unspecified atom stereocenters. The van der Waals surface area contributed by atoms with Crippen LogP contribution >= 0.6 is 11.3 Å². The molecule has 2 N–H and O–H groups in total. The quantitative estimate of drug-likeness (QED) is 0.398. The molecule has 1 aliphatic heterocycles. The van der Waals surface area contributed by atoms with Crippen LogP contribution in [0.2, 0.25) is 0 Å². The zero-order valence-corrected chi connectivity index (χ0v) is 19.2. The molecule has 2 aromatic heterocycles. The maximum Gasteiger partial charge on any atom is 0.255 e. The number of anilines is 1. The lowest BCUT2D eigenvalue weighted by molar-refractivity contribution is 0.102. The largest absolute Gasteiger partial charge is 0.392 e. The number of β-amino-alcohol motifs (C(OH)–C–C–N with tert-alkyl or cyclic N) is 1. The second-order valence-corrected chi connectivity index (χ2v) is 9.43. The van der Waals surface area contributed by atoms with Gasteiger partial charge in [0.2, 0.25) is 4.96 Å². The number of amides is 1. The van der Waals surface area contributed by atoms with E-state index in [2.05, 4.69) is 15.6 Å². The van der Waals surface area contributed by atoms with Gasteiger partial charge in [0.05, 0.1) is 17.5 Å². The van der Waals surface area contributed by atoms with Crippen molar-refractivity contribution in [1.82, 2.24) is 19.5 Å². The molecule has 7 nitrogen and oxygen atoms in total. The van der Waals surface area contributed by atoms with Crippen LogP contribution in [0.5, 0.6) is 0 Å². The summed E-state index contributed by atoms with van der Waals surface area (Å²) in [5.74, 6) is 0.400. The molecule has 34 heavy (non-hydrogen) atoms. The Kier molecular flexibility index (Phi) is 5.33. The van der Waals surface area contributed by atoms with Crippen molar-refractivity contribution in [1.29, 1.82) is 0 Å². The topological polar surface area (TPSA) is 82.8 Å². The fourth-order valence-electron chi connectivity index (χ4n) is 4.45. The maximum atomic E-state index is 13.1. The average Bonchev–Trinajstić information content (AvgIpc) is 3.56. The van der Waals surface area contributed by atoms with E-state index in [0.717, 1.165) is 46.5 Å². The fraction of sp³-hybridized carbons (Fsp3) is 0.192. The van der Waals surface area contributed by atoms with Crippen molar-refractivity contribution in [2.24, 2.45) is 0 Å². The normalized spacial score (nSPS) is 16.4. The van der Waals surface area contributed by atoms with Crippen LogP contribution < -0.4 is 5.32 Å². The number of aliphatic hydroxyl groups excluding tert-OH is 1. The zero-order chi connectivity index (χ0) is 23.1. The van der Waals surface area contributed by atoms with Gasteiger partial charge in [-0.1, -0.05) is 42.5 Å². The monoisotopic (exact) mass is 469 g/mol. The molecule has 8 heteroatoms. The zero-order valence-electron chi connectivity index (χ0n) is 18.4. The molecular weight excluding hydrogens is 446 g/mol. The molecule has 0 spiro atoms. The smallest absolute Gasteiger partial charge is 0.255 e. The second kappa shape index (κ2) is 8.64. The van der Waals surface area contributed by atoms with Gasteiger partial charge in [0.25, 0.3) is 5.91 Å². The van der Waals surface area contributed by atoms with Gasteiger partial charge < -0.3 is 10.4 Å². The molecule has 0 aliphatic carbocycles. The van der Waals surface area contributed by atoms with E-state index >= 15 is 0 Å². The predicted octanol–water partition coefficient (Wildman–Crippen LogP) is 4.43. The lowest BCUT2D eigenvalue weighted by Crippen LogP contribution is -2.22. The van der Waals surface area contributed by atoms with Crippen molar-refractivity contribution in [2.45, 2.75) is 19.1 Å². The molecule has 1 atom stereocenters. The number of hydrogen-bond acceptors (Lipinski definition) is 6. The molecule has 170 valence electrons. The molecule has 6 rings (SSSR count). The lowest BCUT2D eigenvalue weighted by atomic mass is 10.1. The molecule has 0 bridgehead atoms. The van der Waals surface area contributed by atoms with Gasteiger partial charge in [-0.15, -0.1) is 16.4 Å². The van der Waals surface area contributed by atoms with Gasteiger partial charge in [0.1, 0.15) is 0 Å². The highest BCUT2D eigenvalue weighted by molar-refractivity contribution is 7.15. The molecule has 1 saturated heterocycles. The summed E-state index contributed by atoms with van der Waals surface area (Å²) in [6, 6.07) is 21.3. The standard InChI is InChI=1S/C26H23N5O2S/c32-21-11-12-30(15-21)14-20-16-34-26-28-24(29-31(20)26)22-7-3-4-8-23(22)27-25(33)19-10-9-17-5-1-2-6-18(17)13-19/h1-10,13,16,21,32H,11-12,14-15H2,(H,27,33)/t21-/m1/s1. The number of aliphatic hydroxyl groups is 1. The maximum absolute atomic E-state index is 13.1. The number of para-hydroxylation sites is 1. The first-order valence-electron chi connectivity index (χ1n) is 11.3. The highest BCUT2D eigenvalue weighted by Gasteiger charge is 2.22. The van der Waals surface area contributed by atoms with Crippen LogP contribution in [-0.2, 0) is 6.54 Å². The first kappa shape index (κ1) is 21.0. The summed E-state index contributed by atoms with van der Waals surface area (Å²) in [4.78, 5) is 20.8. The van der Waals surface area contributed by atoms with Crippen LogP contribution in [0.15, 0.2) is 72.1 Å². The molecule has 1 aliphatic rings. The van der Waals surface area contributed by atoms with Crippen molar-refractivity contribution in [2.75, 3.05) is 18.4 Å². The Labute approximate surface area is 200 Å². The number of fused-ring (bicyclic) bond motifs is 2. The molecule has 1 amide bonds. The Bertz CT molecular complexity index is 1510. The Morgan fingerprint density at radius 1 is 1.09 bits per heavy atom. The minimum Gasteiger partial charge on any atom is -0.392 e. The van der Waals surface area contributed by atoms with E-state index in [1.165, 1.54) is 0 Å². The van der Waals surface area contributed by atoms with Gasteiger partial charge in [-0.25, -0.2) is 4.52 Å². The van der Waals surface area contributed by atoms with Crippen molar-refractivity contribution < 1.29 is 9.90 Å². The van der Waals surface area contributed by atoms with Gasteiger partial charge in [0, 0.05) is 36.1 Å². The Balaban J connectivity index is 1.28. The van der Waals surface area contributed by atoms with Crippen LogP contribution in [0.4, 0.5) is 5.69 Å². The minimum absolute atomic E-state index is 0.174. The van der Waals surface area contributed by atoms with E-state index in [9.17, 15) is 9.90 Å².